The molecule has 3 heterocycles. The Morgan fingerprint density at radius 2 is 1.75 bits per heavy atom. The number of aryl methyl sites for hydroxylation is 1. The number of pyridine rings is 1. The van der Waals surface area contributed by atoms with Gasteiger partial charge in [0.15, 0.2) is 0 Å². The van der Waals surface area contributed by atoms with Crippen LogP contribution >= 0.6 is 11.3 Å². The lowest BCUT2D eigenvalue weighted by Crippen LogP contribution is -2.49. The second-order valence-electron chi connectivity index (χ2n) is 8.34. The topological polar surface area (TPSA) is 127 Å². The predicted molar refractivity (Wildman–Crippen MR) is 147 cm³/mol. The Morgan fingerprint density at radius 1 is 1.08 bits per heavy atom. The number of para-hydroxylation sites is 1. The number of hydrogen-bond acceptors (Lipinski definition) is 8. The van der Waals surface area contributed by atoms with Gasteiger partial charge in [-0.25, -0.2) is 0 Å². The number of thiophene rings is 1. The van der Waals surface area contributed by atoms with E-state index in [0.29, 0.717) is 60.6 Å². The summed E-state index contributed by atoms with van der Waals surface area (Å²) < 4.78 is 1.52. The molecule has 0 radical (unpaired) electrons. The maximum absolute atomic E-state index is 13.3. The molecular formula is C25H36N6O4S. The van der Waals surface area contributed by atoms with E-state index in [4.69, 9.17) is 0 Å². The van der Waals surface area contributed by atoms with Gasteiger partial charge in [-0.3, -0.25) is 19.7 Å². The van der Waals surface area contributed by atoms with Gasteiger partial charge in [0, 0.05) is 38.1 Å². The number of carbonyl (C=O) groups is 1. The molecule has 0 aliphatic carbocycles. The third-order valence-electron chi connectivity index (χ3n) is 5.91. The van der Waals surface area contributed by atoms with Crippen LogP contribution in [0.2, 0.25) is 0 Å². The molecule has 0 bridgehead atoms. The number of carbonyl (C=O) groups excluding carboxylic acids is 1. The number of rotatable bonds is 7. The molecule has 1 amide bonds. The Morgan fingerprint density at radius 3 is 2.33 bits per heavy atom. The van der Waals surface area contributed by atoms with Crippen LogP contribution in [0.5, 0.6) is 0 Å². The zero-order valence-corrected chi connectivity index (χ0v) is 22.3. The van der Waals surface area contributed by atoms with Crippen LogP contribution in [0.4, 0.5) is 11.4 Å². The van der Waals surface area contributed by atoms with Crippen molar-refractivity contribution in [1.29, 1.82) is 0 Å². The number of piperazine rings is 1. The maximum Gasteiger partial charge on any atom is 0.357 e. The van der Waals surface area contributed by atoms with Crippen LogP contribution in [0, 0.1) is 10.1 Å². The van der Waals surface area contributed by atoms with Gasteiger partial charge in [-0.05, 0) is 44.6 Å². The van der Waals surface area contributed by atoms with E-state index in [1.807, 2.05) is 73.5 Å². The maximum atomic E-state index is 13.3. The van der Waals surface area contributed by atoms with E-state index in [1.54, 1.807) is 11.0 Å². The van der Waals surface area contributed by atoms with Gasteiger partial charge in [0.1, 0.15) is 5.69 Å². The minimum absolute atomic E-state index is 0. The second-order valence-corrected chi connectivity index (χ2v) is 9.29. The molecule has 1 aliphatic heterocycles. The highest BCUT2D eigenvalue weighted by molar-refractivity contribution is 7.12. The van der Waals surface area contributed by atoms with Crippen molar-refractivity contribution in [3.8, 4) is 0 Å². The van der Waals surface area contributed by atoms with E-state index in [0.717, 1.165) is 6.54 Å². The Kier molecular flexibility index (Phi) is 10.6. The summed E-state index contributed by atoms with van der Waals surface area (Å²) in [5.74, 6) is -0.0275. The van der Waals surface area contributed by atoms with Crippen molar-refractivity contribution in [2.75, 3.05) is 51.7 Å². The van der Waals surface area contributed by atoms with Gasteiger partial charge >= 0.3 is 11.2 Å². The fraction of sp³-hybridized carbons (Fsp3) is 0.440. The number of nitro groups is 1. The molecule has 3 N–H and O–H groups in total. The second kappa shape index (κ2) is 13.1. The Balaban J connectivity index is 0.00000148. The number of aromatic nitrogens is 1. The van der Waals surface area contributed by atoms with Crippen molar-refractivity contribution in [3.05, 3.63) is 67.1 Å². The van der Waals surface area contributed by atoms with Gasteiger partial charge in [0.25, 0.3) is 5.91 Å². The normalized spacial score (nSPS) is 13.2. The fourth-order valence-electron chi connectivity index (χ4n) is 4.32. The van der Waals surface area contributed by atoms with Gasteiger partial charge in [-0.15, -0.1) is 11.3 Å². The van der Waals surface area contributed by atoms with Crippen LogP contribution in [-0.4, -0.2) is 72.0 Å². The summed E-state index contributed by atoms with van der Waals surface area (Å²) >= 11 is 1.40. The van der Waals surface area contributed by atoms with Gasteiger partial charge < -0.3 is 25.4 Å². The SMILES string of the molecule is CC.CN(C)CCCn1c(=O)c([N+](=O)[O-])c(N2CCN(C(=O)c3cccs3)CC2)c2ccccc21.N. The van der Waals surface area contributed by atoms with Crippen molar-refractivity contribution in [1.82, 2.24) is 20.5 Å². The molecular weight excluding hydrogens is 480 g/mol. The van der Waals surface area contributed by atoms with E-state index < -0.39 is 16.2 Å². The third kappa shape index (κ3) is 6.10. The molecule has 1 aliphatic rings. The first-order valence-electron chi connectivity index (χ1n) is 11.9. The van der Waals surface area contributed by atoms with Crippen LogP contribution in [0.3, 0.4) is 0 Å². The van der Waals surface area contributed by atoms with Crippen LogP contribution in [0.15, 0.2) is 46.6 Å². The molecule has 2 aromatic heterocycles. The molecule has 3 aromatic rings. The van der Waals surface area contributed by atoms with Gasteiger partial charge in [-0.1, -0.05) is 38.1 Å². The lowest BCUT2D eigenvalue weighted by atomic mass is 10.1. The molecule has 11 heteroatoms. The number of amides is 1. The Labute approximate surface area is 215 Å². The van der Waals surface area contributed by atoms with E-state index in [2.05, 4.69) is 0 Å². The van der Waals surface area contributed by atoms with Crippen molar-refractivity contribution in [2.24, 2.45) is 0 Å². The summed E-state index contributed by atoms with van der Waals surface area (Å²) in [4.78, 5) is 43.9. The lowest BCUT2D eigenvalue weighted by molar-refractivity contribution is -0.385. The zero-order valence-electron chi connectivity index (χ0n) is 21.5. The smallest absolute Gasteiger partial charge is 0.357 e. The lowest BCUT2D eigenvalue weighted by Gasteiger charge is -2.36. The summed E-state index contributed by atoms with van der Waals surface area (Å²) in [6.45, 7) is 6.90. The van der Waals surface area contributed by atoms with E-state index in [9.17, 15) is 19.7 Å². The number of hydrogen-bond donors (Lipinski definition) is 1. The first-order chi connectivity index (χ1) is 16.9. The van der Waals surface area contributed by atoms with E-state index >= 15 is 0 Å². The number of fused-ring (bicyclic) bond motifs is 1. The van der Waals surface area contributed by atoms with Gasteiger partial charge in [0.05, 0.1) is 15.3 Å². The molecule has 36 heavy (non-hydrogen) atoms. The first kappa shape index (κ1) is 29.0. The quantitative estimate of drug-likeness (QED) is 0.370. The van der Waals surface area contributed by atoms with E-state index in [-0.39, 0.29) is 12.1 Å². The molecule has 10 nitrogen and oxygen atoms in total. The molecule has 4 rings (SSSR count). The van der Waals surface area contributed by atoms with Crippen molar-refractivity contribution < 1.29 is 9.72 Å². The summed E-state index contributed by atoms with van der Waals surface area (Å²) in [6.07, 6.45) is 0.705. The molecule has 1 aromatic carbocycles. The Hall–Kier alpha value is -3.28. The number of benzene rings is 1. The standard InChI is InChI=1S/C23H27N5O4S.C2H6.H3N/c1-24(2)10-6-11-27-18-8-4-3-7-17(18)20(21(23(27)30)28(31)32)25-12-14-26(15-13-25)22(29)19-9-5-16-33-19;1-2;/h3-5,7-9,16H,6,10-15H2,1-2H3;1-2H3;1H3. The number of nitrogens with zero attached hydrogens (tertiary/aromatic N) is 5. The molecule has 0 spiro atoms. The first-order valence-corrected chi connectivity index (χ1v) is 12.8. The third-order valence-corrected chi connectivity index (χ3v) is 6.76. The minimum atomic E-state index is -0.579. The van der Waals surface area contributed by atoms with Crippen LogP contribution in [0.1, 0.15) is 29.9 Å². The minimum Gasteiger partial charge on any atom is -0.362 e. The number of anilines is 1. The molecule has 1 fully saturated rings. The van der Waals surface area contributed by atoms with E-state index in [1.165, 1.54) is 15.9 Å². The highest BCUT2D eigenvalue weighted by atomic mass is 32.1. The highest BCUT2D eigenvalue weighted by Crippen LogP contribution is 2.34. The largest absolute Gasteiger partial charge is 0.362 e. The zero-order chi connectivity index (χ0) is 25.5. The van der Waals surface area contributed by atoms with Gasteiger partial charge in [-0.2, -0.15) is 0 Å². The summed E-state index contributed by atoms with van der Waals surface area (Å²) in [6, 6.07) is 11.0. The summed E-state index contributed by atoms with van der Waals surface area (Å²) in [7, 11) is 3.91. The van der Waals surface area contributed by atoms with Crippen molar-refractivity contribution in [2.45, 2.75) is 26.8 Å². The summed E-state index contributed by atoms with van der Waals surface area (Å²) in [5, 5.41) is 14.6. The van der Waals surface area contributed by atoms with Crippen LogP contribution < -0.4 is 16.6 Å². The van der Waals surface area contributed by atoms with Crippen molar-refractivity contribution >= 4 is 39.5 Å². The fourth-order valence-corrected chi connectivity index (χ4v) is 5.01. The predicted octanol–water partition coefficient (Wildman–Crippen LogP) is 4.07. The summed E-state index contributed by atoms with van der Waals surface area (Å²) in [5.41, 5.74) is 0.0766. The molecule has 0 unspecified atom stereocenters. The van der Waals surface area contributed by atoms with Crippen LogP contribution in [0.25, 0.3) is 10.9 Å². The van der Waals surface area contributed by atoms with Crippen LogP contribution in [-0.2, 0) is 6.54 Å². The Bertz CT molecular complexity index is 1220. The molecule has 0 atom stereocenters. The molecule has 196 valence electrons. The van der Waals surface area contributed by atoms with Gasteiger partial charge in [0.2, 0.25) is 0 Å². The van der Waals surface area contributed by atoms with Crippen molar-refractivity contribution in [3.63, 3.8) is 0 Å². The molecule has 0 saturated carbocycles. The highest BCUT2D eigenvalue weighted by Gasteiger charge is 2.32. The monoisotopic (exact) mass is 516 g/mol. The average Bonchev–Trinajstić information content (AvgIpc) is 3.40. The average molecular weight is 517 g/mol. The molecule has 1 saturated heterocycles.